The molecule has 5 nitrogen and oxygen atoms in total. The highest BCUT2D eigenvalue weighted by atomic mass is 32.1. The van der Waals surface area contributed by atoms with E-state index in [-0.39, 0.29) is 18.3 Å². The second-order valence-corrected chi connectivity index (χ2v) is 6.21. The molecule has 25 heavy (non-hydrogen) atoms. The largest absolute Gasteiger partial charge is 0.437 e. The fraction of sp³-hybridized carbons (Fsp3) is 0.0556. The highest BCUT2D eigenvalue weighted by Crippen LogP contribution is 2.23. The van der Waals surface area contributed by atoms with E-state index in [1.807, 2.05) is 35.7 Å². The Balaban J connectivity index is 1.59. The zero-order valence-electron chi connectivity index (χ0n) is 12.9. The molecule has 0 aliphatic heterocycles. The molecule has 0 aliphatic carbocycles. The summed E-state index contributed by atoms with van der Waals surface area (Å²) in [6.45, 7) is 0.215. The predicted octanol–water partition coefficient (Wildman–Crippen LogP) is 3.81. The Hall–Kier alpha value is -3.06. The third-order valence-electron chi connectivity index (χ3n) is 3.58. The third-order valence-corrected chi connectivity index (χ3v) is 4.52. The monoisotopic (exact) mass is 353 g/mol. The zero-order valence-corrected chi connectivity index (χ0v) is 13.7. The lowest BCUT2D eigenvalue weighted by atomic mass is 10.2. The minimum absolute atomic E-state index is 0.156. The van der Waals surface area contributed by atoms with Gasteiger partial charge in [0.1, 0.15) is 10.8 Å². The topological polar surface area (TPSA) is 60.9 Å². The van der Waals surface area contributed by atoms with Crippen molar-refractivity contribution >= 4 is 11.3 Å². The van der Waals surface area contributed by atoms with Crippen molar-refractivity contribution in [1.82, 2.24) is 14.8 Å². The molecule has 2 aromatic heterocycles. The number of thiazole rings is 1. The second-order valence-electron chi connectivity index (χ2n) is 5.35. The fourth-order valence-electron chi connectivity index (χ4n) is 2.36. The van der Waals surface area contributed by atoms with E-state index in [9.17, 15) is 9.18 Å². The molecule has 0 amide bonds. The van der Waals surface area contributed by atoms with Crippen LogP contribution < -0.4 is 5.76 Å². The van der Waals surface area contributed by atoms with Crippen LogP contribution in [0.2, 0.25) is 0 Å². The van der Waals surface area contributed by atoms with Gasteiger partial charge in [0.15, 0.2) is 0 Å². The van der Waals surface area contributed by atoms with E-state index in [1.165, 1.54) is 40.3 Å². The van der Waals surface area contributed by atoms with Crippen LogP contribution in [0.5, 0.6) is 0 Å². The van der Waals surface area contributed by atoms with Crippen LogP contribution in [-0.4, -0.2) is 14.8 Å². The molecule has 0 saturated heterocycles. The van der Waals surface area contributed by atoms with E-state index in [0.29, 0.717) is 5.56 Å². The lowest BCUT2D eigenvalue weighted by molar-refractivity contribution is 0.493. The minimum atomic E-state index is -0.575. The Morgan fingerprint density at radius 3 is 2.56 bits per heavy atom. The summed E-state index contributed by atoms with van der Waals surface area (Å²) in [5.41, 5.74) is 2.30. The quantitative estimate of drug-likeness (QED) is 0.560. The van der Waals surface area contributed by atoms with Gasteiger partial charge in [-0.1, -0.05) is 30.3 Å². The zero-order chi connectivity index (χ0) is 17.2. The van der Waals surface area contributed by atoms with Crippen molar-refractivity contribution < 1.29 is 8.81 Å². The minimum Gasteiger partial charge on any atom is -0.388 e. The number of halogens is 1. The van der Waals surface area contributed by atoms with Crippen LogP contribution >= 0.6 is 11.3 Å². The maximum atomic E-state index is 13.0. The molecule has 0 bridgehead atoms. The maximum absolute atomic E-state index is 13.0. The summed E-state index contributed by atoms with van der Waals surface area (Å²) in [5, 5.41) is 6.94. The first kappa shape index (κ1) is 15.5. The molecule has 124 valence electrons. The van der Waals surface area contributed by atoms with Crippen molar-refractivity contribution in [3.05, 3.63) is 82.0 Å². The average Bonchev–Trinajstić information content (AvgIpc) is 3.24. The summed E-state index contributed by atoms with van der Waals surface area (Å²) in [6, 6.07) is 15.4. The van der Waals surface area contributed by atoms with Crippen molar-refractivity contribution in [3.63, 3.8) is 0 Å². The Labute approximate surface area is 146 Å². The molecule has 0 spiro atoms. The smallest absolute Gasteiger partial charge is 0.388 e. The molecular weight excluding hydrogens is 341 g/mol. The van der Waals surface area contributed by atoms with Crippen LogP contribution in [-0.2, 0) is 6.54 Å². The highest BCUT2D eigenvalue weighted by molar-refractivity contribution is 7.13. The molecule has 2 aromatic carbocycles. The van der Waals surface area contributed by atoms with Crippen molar-refractivity contribution in [2.45, 2.75) is 6.54 Å². The predicted molar refractivity (Wildman–Crippen MR) is 92.8 cm³/mol. The summed E-state index contributed by atoms with van der Waals surface area (Å²) in [7, 11) is 0. The van der Waals surface area contributed by atoms with Crippen LogP contribution in [0.15, 0.2) is 69.2 Å². The van der Waals surface area contributed by atoms with Crippen LogP contribution in [0, 0.1) is 5.82 Å². The molecule has 4 aromatic rings. The van der Waals surface area contributed by atoms with Crippen molar-refractivity contribution in [2.24, 2.45) is 0 Å². The molecule has 0 fully saturated rings. The summed E-state index contributed by atoms with van der Waals surface area (Å²) < 4.78 is 19.4. The van der Waals surface area contributed by atoms with Gasteiger partial charge in [0.25, 0.3) is 0 Å². The molecule has 2 heterocycles. The van der Waals surface area contributed by atoms with Crippen LogP contribution in [0.4, 0.5) is 4.39 Å². The summed E-state index contributed by atoms with van der Waals surface area (Å²) in [6.07, 6.45) is 0. The number of hydrogen-bond donors (Lipinski definition) is 0. The first-order valence-corrected chi connectivity index (χ1v) is 8.41. The van der Waals surface area contributed by atoms with E-state index in [1.54, 1.807) is 0 Å². The van der Waals surface area contributed by atoms with E-state index in [0.717, 1.165) is 16.3 Å². The molecular formula is C18H12FN3O2S. The van der Waals surface area contributed by atoms with Gasteiger partial charge in [-0.3, -0.25) is 0 Å². The lowest BCUT2D eigenvalue weighted by Gasteiger charge is -1.96. The average molecular weight is 353 g/mol. The Morgan fingerprint density at radius 2 is 1.80 bits per heavy atom. The molecule has 0 N–H and O–H groups in total. The SMILES string of the molecule is O=c1oc(-c2ccc(F)cc2)nn1Cc1csc(-c2ccccc2)n1. The van der Waals surface area contributed by atoms with Gasteiger partial charge in [-0.05, 0) is 24.3 Å². The molecule has 0 atom stereocenters. The van der Waals surface area contributed by atoms with Gasteiger partial charge in [-0.15, -0.1) is 16.4 Å². The van der Waals surface area contributed by atoms with Crippen LogP contribution in [0.25, 0.3) is 22.0 Å². The Bertz CT molecular complexity index is 1050. The first-order valence-electron chi connectivity index (χ1n) is 7.53. The van der Waals surface area contributed by atoms with E-state index >= 15 is 0 Å². The molecule has 0 unspecified atom stereocenters. The normalized spacial score (nSPS) is 10.9. The molecule has 4 rings (SSSR count). The number of hydrogen-bond acceptors (Lipinski definition) is 5. The number of benzene rings is 2. The van der Waals surface area contributed by atoms with Crippen molar-refractivity contribution in [3.8, 4) is 22.0 Å². The Morgan fingerprint density at radius 1 is 1.04 bits per heavy atom. The van der Waals surface area contributed by atoms with Gasteiger partial charge in [-0.2, -0.15) is 4.68 Å². The highest BCUT2D eigenvalue weighted by Gasteiger charge is 2.12. The summed E-state index contributed by atoms with van der Waals surface area (Å²) in [4.78, 5) is 16.5. The summed E-state index contributed by atoms with van der Waals surface area (Å²) >= 11 is 1.51. The van der Waals surface area contributed by atoms with E-state index in [4.69, 9.17) is 4.42 Å². The molecule has 0 saturated carbocycles. The maximum Gasteiger partial charge on any atom is 0.437 e. The molecule has 7 heteroatoms. The first-order chi connectivity index (χ1) is 12.2. The summed E-state index contributed by atoms with van der Waals surface area (Å²) in [5.74, 6) is -0.779. The number of aromatic nitrogens is 3. The van der Waals surface area contributed by atoms with Crippen LogP contribution in [0.3, 0.4) is 0 Å². The van der Waals surface area contributed by atoms with Crippen LogP contribution in [0.1, 0.15) is 5.69 Å². The van der Waals surface area contributed by atoms with Gasteiger partial charge in [-0.25, -0.2) is 14.2 Å². The molecule has 0 aliphatic rings. The van der Waals surface area contributed by atoms with Gasteiger partial charge < -0.3 is 4.42 Å². The van der Waals surface area contributed by atoms with Crippen molar-refractivity contribution in [1.29, 1.82) is 0 Å². The van der Waals surface area contributed by atoms with Gasteiger partial charge >= 0.3 is 5.76 Å². The Kier molecular flexibility index (Phi) is 3.99. The van der Waals surface area contributed by atoms with Gasteiger partial charge in [0.2, 0.25) is 5.89 Å². The third kappa shape index (κ3) is 3.27. The van der Waals surface area contributed by atoms with Crippen molar-refractivity contribution in [2.75, 3.05) is 0 Å². The van der Waals surface area contributed by atoms with Gasteiger partial charge in [0, 0.05) is 16.5 Å². The lowest BCUT2D eigenvalue weighted by Crippen LogP contribution is -2.16. The molecule has 0 radical (unpaired) electrons. The van der Waals surface area contributed by atoms with E-state index < -0.39 is 5.76 Å². The van der Waals surface area contributed by atoms with E-state index in [2.05, 4.69) is 10.1 Å². The fourth-order valence-corrected chi connectivity index (χ4v) is 3.18. The van der Waals surface area contributed by atoms with Gasteiger partial charge in [0.05, 0.1) is 12.2 Å². The number of nitrogens with zero attached hydrogens (tertiary/aromatic N) is 3. The standard InChI is InChI=1S/C18H12FN3O2S/c19-14-8-6-12(7-9-14)16-21-22(18(23)24-16)10-15-11-25-17(20-15)13-4-2-1-3-5-13/h1-9,11H,10H2. The number of rotatable bonds is 4. The second kappa shape index (κ2) is 6.45.